The van der Waals surface area contributed by atoms with Gasteiger partial charge in [-0.2, -0.15) is 5.26 Å². The first-order chi connectivity index (χ1) is 9.72. The highest BCUT2D eigenvalue weighted by molar-refractivity contribution is 5.97. The second-order valence-electron chi connectivity index (χ2n) is 5.16. The van der Waals surface area contributed by atoms with E-state index >= 15 is 0 Å². The van der Waals surface area contributed by atoms with Gasteiger partial charge >= 0.3 is 0 Å². The van der Waals surface area contributed by atoms with Crippen LogP contribution in [0.5, 0.6) is 0 Å². The Kier molecular flexibility index (Phi) is 7.74. The molecule has 1 fully saturated rings. The van der Waals surface area contributed by atoms with E-state index in [1.54, 1.807) is 6.20 Å². The van der Waals surface area contributed by atoms with Gasteiger partial charge in [0.25, 0.3) is 5.91 Å². The van der Waals surface area contributed by atoms with Gasteiger partial charge in [0.1, 0.15) is 11.6 Å². The maximum absolute atomic E-state index is 11.9. The lowest BCUT2D eigenvalue weighted by Gasteiger charge is -2.34. The normalized spacial score (nSPS) is 19.6. The van der Waals surface area contributed by atoms with E-state index in [0.29, 0.717) is 13.0 Å². The summed E-state index contributed by atoms with van der Waals surface area (Å²) in [6.45, 7) is 3.65. The second kappa shape index (κ2) is 9.38. The van der Waals surface area contributed by atoms with Crippen LogP contribution in [-0.4, -0.2) is 41.7 Å². The Labute approximate surface area is 121 Å². The standard InChI is InChI=1S/C15H25N3O2/c1-2-3-8-17-15(20)13(11-16)12-18-9-5-4-6-14(18)7-10-19/h12,14,19H,2-10H2,1H3,(H,17,20)/b13-12-. The minimum atomic E-state index is -0.297. The molecule has 20 heavy (non-hydrogen) atoms. The quantitative estimate of drug-likeness (QED) is 0.421. The number of hydrogen-bond donors (Lipinski definition) is 2. The van der Waals surface area contributed by atoms with E-state index in [1.165, 1.54) is 0 Å². The Balaban J connectivity index is 2.65. The van der Waals surface area contributed by atoms with Crippen LogP contribution in [0.3, 0.4) is 0 Å². The zero-order valence-electron chi connectivity index (χ0n) is 12.3. The molecule has 0 spiro atoms. The molecule has 1 aliphatic rings. The van der Waals surface area contributed by atoms with Crippen molar-refractivity contribution in [3.63, 3.8) is 0 Å². The molecule has 5 heteroatoms. The van der Waals surface area contributed by atoms with E-state index in [-0.39, 0.29) is 24.1 Å². The molecule has 1 saturated heterocycles. The zero-order chi connectivity index (χ0) is 14.8. The van der Waals surface area contributed by atoms with Gasteiger partial charge < -0.3 is 15.3 Å². The van der Waals surface area contributed by atoms with E-state index in [4.69, 9.17) is 10.4 Å². The summed E-state index contributed by atoms with van der Waals surface area (Å²) in [6.07, 6.45) is 7.49. The van der Waals surface area contributed by atoms with Crippen LogP contribution in [0.25, 0.3) is 0 Å². The monoisotopic (exact) mass is 279 g/mol. The van der Waals surface area contributed by atoms with Crippen molar-refractivity contribution in [1.82, 2.24) is 10.2 Å². The number of aliphatic hydroxyl groups excluding tert-OH is 1. The smallest absolute Gasteiger partial charge is 0.263 e. The molecule has 1 atom stereocenters. The fourth-order valence-corrected chi connectivity index (χ4v) is 2.43. The minimum absolute atomic E-state index is 0.138. The summed E-state index contributed by atoms with van der Waals surface area (Å²) >= 11 is 0. The molecular weight excluding hydrogens is 254 g/mol. The summed E-state index contributed by atoms with van der Waals surface area (Å²) in [5, 5.41) is 21.0. The molecule has 0 bridgehead atoms. The highest BCUT2D eigenvalue weighted by atomic mass is 16.3. The third-order valence-corrected chi connectivity index (χ3v) is 3.61. The van der Waals surface area contributed by atoms with Crippen LogP contribution < -0.4 is 5.32 Å². The number of piperidine rings is 1. The average Bonchev–Trinajstić information content (AvgIpc) is 2.46. The molecule has 112 valence electrons. The van der Waals surface area contributed by atoms with Crippen LogP contribution in [-0.2, 0) is 4.79 Å². The molecule has 5 nitrogen and oxygen atoms in total. The Bertz CT molecular complexity index is 372. The average molecular weight is 279 g/mol. The number of nitriles is 1. The lowest BCUT2D eigenvalue weighted by atomic mass is 10.00. The van der Waals surface area contributed by atoms with Gasteiger partial charge in [0.15, 0.2) is 0 Å². The summed E-state index contributed by atoms with van der Waals surface area (Å²) < 4.78 is 0. The molecule has 2 N–H and O–H groups in total. The van der Waals surface area contributed by atoms with Gasteiger partial charge in [-0.15, -0.1) is 0 Å². The van der Waals surface area contributed by atoms with E-state index in [9.17, 15) is 4.79 Å². The van der Waals surface area contributed by atoms with E-state index in [1.807, 2.05) is 11.0 Å². The number of rotatable bonds is 7. The predicted octanol–water partition coefficient (Wildman–Crippen LogP) is 1.55. The first kappa shape index (κ1) is 16.5. The van der Waals surface area contributed by atoms with Gasteiger partial charge in [-0.3, -0.25) is 4.79 Å². The van der Waals surface area contributed by atoms with Crippen molar-refractivity contribution < 1.29 is 9.90 Å². The maximum Gasteiger partial charge on any atom is 0.263 e. The number of aliphatic hydroxyl groups is 1. The molecule has 0 aromatic carbocycles. The van der Waals surface area contributed by atoms with Gasteiger partial charge in [0.2, 0.25) is 0 Å². The van der Waals surface area contributed by atoms with Crippen molar-refractivity contribution in [2.24, 2.45) is 0 Å². The number of carbonyl (C=O) groups is 1. The number of unbranched alkanes of at least 4 members (excludes halogenated alkanes) is 1. The molecule has 0 aliphatic carbocycles. The topological polar surface area (TPSA) is 76.4 Å². The van der Waals surface area contributed by atoms with E-state index in [0.717, 1.165) is 38.6 Å². The highest BCUT2D eigenvalue weighted by Crippen LogP contribution is 2.20. The fraction of sp³-hybridized carbons (Fsp3) is 0.733. The number of nitrogens with one attached hydrogen (secondary N) is 1. The van der Waals surface area contributed by atoms with Crippen LogP contribution in [0.15, 0.2) is 11.8 Å². The molecule has 0 saturated carbocycles. The molecule has 1 rings (SSSR count). The van der Waals surface area contributed by atoms with Gasteiger partial charge in [0, 0.05) is 31.9 Å². The molecular formula is C15H25N3O2. The Morgan fingerprint density at radius 1 is 1.55 bits per heavy atom. The number of nitrogens with zero attached hydrogens (tertiary/aromatic N) is 2. The SMILES string of the molecule is CCCCNC(=O)/C(C#N)=C\N1CCCCC1CCO. The Hall–Kier alpha value is -1.54. The molecule has 1 heterocycles. The molecule has 0 radical (unpaired) electrons. The van der Waals surface area contributed by atoms with Gasteiger partial charge in [-0.25, -0.2) is 0 Å². The summed E-state index contributed by atoms with van der Waals surface area (Å²) in [4.78, 5) is 13.9. The van der Waals surface area contributed by atoms with E-state index in [2.05, 4.69) is 12.2 Å². The van der Waals surface area contributed by atoms with Crippen molar-refractivity contribution in [2.45, 2.75) is 51.5 Å². The van der Waals surface area contributed by atoms with Gasteiger partial charge in [-0.05, 0) is 32.1 Å². The first-order valence-corrected chi connectivity index (χ1v) is 7.49. The van der Waals surface area contributed by atoms with Crippen LogP contribution in [0.4, 0.5) is 0 Å². The summed E-state index contributed by atoms with van der Waals surface area (Å²) in [5.74, 6) is -0.297. The number of amides is 1. The minimum Gasteiger partial charge on any atom is -0.396 e. The third kappa shape index (κ3) is 5.22. The Morgan fingerprint density at radius 3 is 3.00 bits per heavy atom. The number of carbonyl (C=O) groups excluding carboxylic acids is 1. The first-order valence-electron chi connectivity index (χ1n) is 7.49. The van der Waals surface area contributed by atoms with Gasteiger partial charge in [0.05, 0.1) is 0 Å². The second-order valence-corrected chi connectivity index (χ2v) is 5.16. The van der Waals surface area contributed by atoms with Crippen LogP contribution in [0, 0.1) is 11.3 Å². The van der Waals surface area contributed by atoms with Crippen LogP contribution in [0.2, 0.25) is 0 Å². The van der Waals surface area contributed by atoms with Crippen molar-refractivity contribution in [3.05, 3.63) is 11.8 Å². The predicted molar refractivity (Wildman–Crippen MR) is 77.7 cm³/mol. The summed E-state index contributed by atoms with van der Waals surface area (Å²) in [5.41, 5.74) is 0.158. The molecule has 0 aromatic rings. The Morgan fingerprint density at radius 2 is 2.35 bits per heavy atom. The molecule has 1 amide bonds. The van der Waals surface area contributed by atoms with Crippen molar-refractivity contribution >= 4 is 5.91 Å². The van der Waals surface area contributed by atoms with Crippen molar-refractivity contribution in [1.29, 1.82) is 5.26 Å². The van der Waals surface area contributed by atoms with E-state index < -0.39 is 0 Å². The number of hydrogen-bond acceptors (Lipinski definition) is 4. The zero-order valence-corrected chi connectivity index (χ0v) is 12.3. The fourth-order valence-electron chi connectivity index (χ4n) is 2.43. The summed E-state index contributed by atoms with van der Waals surface area (Å²) in [7, 11) is 0. The summed E-state index contributed by atoms with van der Waals surface area (Å²) in [6, 6.07) is 2.22. The van der Waals surface area contributed by atoms with Crippen LogP contribution >= 0.6 is 0 Å². The third-order valence-electron chi connectivity index (χ3n) is 3.61. The van der Waals surface area contributed by atoms with Crippen LogP contribution in [0.1, 0.15) is 45.4 Å². The highest BCUT2D eigenvalue weighted by Gasteiger charge is 2.21. The largest absolute Gasteiger partial charge is 0.396 e. The lowest BCUT2D eigenvalue weighted by molar-refractivity contribution is -0.117. The molecule has 1 unspecified atom stereocenters. The molecule has 0 aromatic heterocycles. The lowest BCUT2D eigenvalue weighted by Crippen LogP contribution is -2.37. The number of likely N-dealkylation sites (tertiary alicyclic amines) is 1. The molecule has 1 aliphatic heterocycles. The van der Waals surface area contributed by atoms with Crippen molar-refractivity contribution in [3.8, 4) is 6.07 Å². The van der Waals surface area contributed by atoms with Crippen molar-refractivity contribution in [2.75, 3.05) is 19.7 Å². The maximum atomic E-state index is 11.9. The van der Waals surface area contributed by atoms with Gasteiger partial charge in [-0.1, -0.05) is 13.3 Å².